The molecule has 0 heterocycles. The average Bonchev–Trinajstić information content (AvgIpc) is 3.07. The first-order valence-electron chi connectivity index (χ1n) is 7.68. The number of carbonyl (C=O) groups is 1. The van der Waals surface area contributed by atoms with E-state index in [-0.39, 0.29) is 22.9 Å². The molecular formula is C18H22O2S. The molecule has 1 aromatic carbocycles. The summed E-state index contributed by atoms with van der Waals surface area (Å²) in [6.45, 7) is 5.92. The van der Waals surface area contributed by atoms with Crippen molar-refractivity contribution in [2.75, 3.05) is 0 Å². The van der Waals surface area contributed by atoms with Crippen LogP contribution in [0.1, 0.15) is 25.8 Å². The smallest absolute Gasteiger partial charge is 0.140 e. The van der Waals surface area contributed by atoms with E-state index in [0.29, 0.717) is 11.8 Å². The van der Waals surface area contributed by atoms with E-state index in [1.165, 1.54) is 5.56 Å². The Bertz CT molecular complexity index is 600. The summed E-state index contributed by atoms with van der Waals surface area (Å²) in [6, 6.07) is 7.88. The van der Waals surface area contributed by atoms with E-state index in [1.54, 1.807) is 0 Å². The maximum atomic E-state index is 13.0. The average molecular weight is 302 g/mol. The lowest BCUT2D eigenvalue weighted by molar-refractivity contribution is -0.126. The van der Waals surface area contributed by atoms with Crippen LogP contribution in [0.15, 0.2) is 41.3 Å². The van der Waals surface area contributed by atoms with E-state index in [2.05, 4.69) is 12.2 Å². The number of carbonyl (C=O) groups excluding carboxylic acids is 1. The van der Waals surface area contributed by atoms with Crippen LogP contribution in [0.3, 0.4) is 0 Å². The lowest BCUT2D eigenvalue weighted by atomic mass is 9.84. The number of aryl methyl sites for hydroxylation is 1. The molecular weight excluding hydrogens is 280 g/mol. The van der Waals surface area contributed by atoms with Crippen LogP contribution in [0.2, 0.25) is 0 Å². The van der Waals surface area contributed by atoms with Crippen LogP contribution in [0, 0.1) is 30.6 Å². The predicted octanol–water partition coefficient (Wildman–Crippen LogP) is 3.52. The number of hydrogen-bond donors (Lipinski definition) is 0. The lowest BCUT2D eigenvalue weighted by Crippen LogP contribution is -2.37. The van der Waals surface area contributed by atoms with Gasteiger partial charge in [-0.1, -0.05) is 43.7 Å². The maximum Gasteiger partial charge on any atom is 0.140 e. The molecule has 0 N–H and O–H groups in total. The minimum absolute atomic E-state index is 0.0141. The van der Waals surface area contributed by atoms with Gasteiger partial charge in [0.05, 0.1) is 16.0 Å². The van der Waals surface area contributed by atoms with Gasteiger partial charge in [-0.15, -0.1) is 0 Å². The highest BCUT2D eigenvalue weighted by Gasteiger charge is 2.51. The van der Waals surface area contributed by atoms with Crippen LogP contribution in [0.4, 0.5) is 0 Å². The van der Waals surface area contributed by atoms with Crippen molar-refractivity contribution in [1.82, 2.24) is 0 Å². The molecule has 0 saturated heterocycles. The van der Waals surface area contributed by atoms with Gasteiger partial charge in [0, 0.05) is 16.7 Å². The zero-order valence-corrected chi connectivity index (χ0v) is 13.6. The molecule has 2 bridgehead atoms. The largest absolute Gasteiger partial charge is 0.299 e. The standard InChI is InChI=1S/C18H22O2S/c1-11(2)17(19)16-13-6-7-14(10-13)18(16)21(20)15-8-4-12(3)5-9-15/h4-9,11,13-14,16,18H,10H2,1-3H3/t13-,14+,16-,18+,21?/m0/s1. The molecule has 21 heavy (non-hydrogen) atoms. The van der Waals surface area contributed by atoms with E-state index in [1.807, 2.05) is 45.0 Å². The van der Waals surface area contributed by atoms with Crippen molar-refractivity contribution in [3.63, 3.8) is 0 Å². The molecule has 0 amide bonds. The molecule has 112 valence electrons. The fourth-order valence-corrected chi connectivity index (χ4v) is 5.50. The fraction of sp³-hybridized carbons (Fsp3) is 0.500. The number of benzene rings is 1. The molecule has 1 aromatic rings. The van der Waals surface area contributed by atoms with Crippen LogP contribution in [0.5, 0.6) is 0 Å². The van der Waals surface area contributed by atoms with Crippen LogP contribution in [-0.2, 0) is 15.6 Å². The van der Waals surface area contributed by atoms with E-state index in [9.17, 15) is 9.00 Å². The molecule has 3 rings (SSSR count). The Morgan fingerprint density at radius 1 is 1.14 bits per heavy atom. The van der Waals surface area contributed by atoms with Crippen molar-refractivity contribution in [3.8, 4) is 0 Å². The van der Waals surface area contributed by atoms with Gasteiger partial charge in [-0.25, -0.2) is 0 Å². The Labute approximate surface area is 129 Å². The van der Waals surface area contributed by atoms with Gasteiger partial charge in [-0.05, 0) is 37.3 Å². The third-order valence-corrected chi connectivity index (χ3v) is 6.66. The maximum absolute atomic E-state index is 13.0. The van der Waals surface area contributed by atoms with Crippen molar-refractivity contribution in [3.05, 3.63) is 42.0 Å². The topological polar surface area (TPSA) is 34.1 Å². The predicted molar refractivity (Wildman–Crippen MR) is 85.4 cm³/mol. The molecule has 0 aliphatic heterocycles. The molecule has 0 radical (unpaired) electrons. The summed E-state index contributed by atoms with van der Waals surface area (Å²) >= 11 is 0. The second-order valence-corrected chi connectivity index (χ2v) is 8.22. The second kappa shape index (κ2) is 5.53. The molecule has 1 unspecified atom stereocenters. The molecule has 0 spiro atoms. The molecule has 2 aliphatic rings. The van der Waals surface area contributed by atoms with Crippen molar-refractivity contribution in [2.24, 2.45) is 23.7 Å². The second-order valence-electron chi connectivity index (χ2n) is 6.61. The summed E-state index contributed by atoms with van der Waals surface area (Å²) in [6.07, 6.45) is 5.33. The van der Waals surface area contributed by atoms with Gasteiger partial charge in [0.1, 0.15) is 5.78 Å². The summed E-state index contributed by atoms with van der Waals surface area (Å²) < 4.78 is 13.0. The van der Waals surface area contributed by atoms with E-state index in [0.717, 1.165) is 11.3 Å². The number of fused-ring (bicyclic) bond motifs is 2. The zero-order chi connectivity index (χ0) is 15.1. The van der Waals surface area contributed by atoms with Gasteiger partial charge in [0.2, 0.25) is 0 Å². The highest BCUT2D eigenvalue weighted by molar-refractivity contribution is 7.85. The number of ketones is 1. The Morgan fingerprint density at radius 2 is 1.76 bits per heavy atom. The summed E-state index contributed by atoms with van der Waals surface area (Å²) in [4.78, 5) is 13.4. The van der Waals surface area contributed by atoms with Crippen molar-refractivity contribution >= 4 is 16.6 Å². The molecule has 2 nitrogen and oxygen atoms in total. The minimum Gasteiger partial charge on any atom is -0.299 e. The highest BCUT2D eigenvalue weighted by atomic mass is 32.2. The third kappa shape index (κ3) is 2.52. The third-order valence-electron chi connectivity index (χ3n) is 4.79. The van der Waals surface area contributed by atoms with E-state index < -0.39 is 10.8 Å². The number of Topliss-reactive ketones (excluding diaryl/α,β-unsaturated/α-hetero) is 1. The fourth-order valence-electron chi connectivity index (χ4n) is 3.66. The van der Waals surface area contributed by atoms with Crippen LogP contribution in [0.25, 0.3) is 0 Å². The lowest BCUT2D eigenvalue weighted by Gasteiger charge is -2.27. The molecule has 5 atom stereocenters. The molecule has 2 aliphatic carbocycles. The normalized spacial score (nSPS) is 31.8. The quantitative estimate of drug-likeness (QED) is 0.798. The number of rotatable bonds is 4. The van der Waals surface area contributed by atoms with Crippen LogP contribution in [-0.4, -0.2) is 15.2 Å². The molecule has 3 heteroatoms. The number of hydrogen-bond acceptors (Lipinski definition) is 2. The van der Waals surface area contributed by atoms with Crippen molar-refractivity contribution in [2.45, 2.75) is 37.3 Å². The van der Waals surface area contributed by atoms with Gasteiger partial charge in [-0.2, -0.15) is 0 Å². The number of allylic oxidation sites excluding steroid dienone is 2. The summed E-state index contributed by atoms with van der Waals surface area (Å²) in [7, 11) is -1.11. The Kier molecular flexibility index (Phi) is 3.87. The highest BCUT2D eigenvalue weighted by Crippen LogP contribution is 2.48. The van der Waals surface area contributed by atoms with E-state index in [4.69, 9.17) is 0 Å². The summed E-state index contributed by atoms with van der Waals surface area (Å²) in [5, 5.41) is -0.0439. The first-order valence-corrected chi connectivity index (χ1v) is 8.89. The van der Waals surface area contributed by atoms with Gasteiger partial charge in [-0.3, -0.25) is 9.00 Å². The SMILES string of the molecule is Cc1ccc(S(=O)[C@H]2[C@H](C(=O)C(C)C)[C@H]3C=C[C@@H]2C3)cc1. The van der Waals surface area contributed by atoms with Gasteiger partial charge in [0.15, 0.2) is 0 Å². The molecule has 1 saturated carbocycles. The van der Waals surface area contributed by atoms with Crippen molar-refractivity contribution < 1.29 is 9.00 Å². The zero-order valence-electron chi connectivity index (χ0n) is 12.8. The Morgan fingerprint density at radius 3 is 2.38 bits per heavy atom. The minimum atomic E-state index is -1.11. The van der Waals surface area contributed by atoms with Gasteiger partial charge >= 0.3 is 0 Å². The first-order chi connectivity index (χ1) is 9.99. The van der Waals surface area contributed by atoms with Gasteiger partial charge in [0.25, 0.3) is 0 Å². The monoisotopic (exact) mass is 302 g/mol. The first kappa shape index (κ1) is 14.7. The summed E-state index contributed by atoms with van der Waals surface area (Å²) in [5.74, 6) is 0.814. The van der Waals surface area contributed by atoms with Crippen molar-refractivity contribution in [1.29, 1.82) is 0 Å². The summed E-state index contributed by atoms with van der Waals surface area (Å²) in [5.41, 5.74) is 1.17. The van der Waals surface area contributed by atoms with Gasteiger partial charge < -0.3 is 0 Å². The molecule has 0 aromatic heterocycles. The molecule has 1 fully saturated rings. The van der Waals surface area contributed by atoms with Crippen LogP contribution >= 0.6 is 0 Å². The Hall–Kier alpha value is -1.22. The van der Waals surface area contributed by atoms with E-state index >= 15 is 0 Å². The van der Waals surface area contributed by atoms with Crippen LogP contribution < -0.4 is 0 Å². The Balaban J connectivity index is 1.92.